The number of hydrogen-bond donors (Lipinski definition) is 1. The molecule has 1 amide bonds. The third-order valence-electron chi connectivity index (χ3n) is 2.81. The molecule has 2 rings (SSSR count). The highest BCUT2D eigenvalue weighted by molar-refractivity contribution is 9.10. The molecule has 0 atom stereocenters. The first-order valence-corrected chi connectivity index (χ1v) is 6.99. The molecule has 0 aliphatic rings. The van der Waals surface area contributed by atoms with Gasteiger partial charge in [0.2, 0.25) is 0 Å². The molecule has 0 bridgehead atoms. The van der Waals surface area contributed by atoms with Crippen molar-refractivity contribution in [2.45, 2.75) is 6.92 Å². The summed E-state index contributed by atoms with van der Waals surface area (Å²) < 4.78 is 0.844. The highest BCUT2D eigenvalue weighted by atomic mass is 79.9. The van der Waals surface area contributed by atoms with Gasteiger partial charge < -0.3 is 5.32 Å². The molecule has 4 heteroatoms. The second-order valence-corrected chi connectivity index (χ2v) is 5.40. The Morgan fingerprint density at radius 3 is 2.40 bits per heavy atom. The van der Waals surface area contributed by atoms with Crippen molar-refractivity contribution in [3.8, 4) is 0 Å². The Hall–Kier alpha value is -1.94. The van der Waals surface area contributed by atoms with Gasteiger partial charge in [0.15, 0.2) is 5.78 Å². The number of aryl methyl sites for hydroxylation is 1. The second-order valence-electron chi connectivity index (χ2n) is 4.49. The minimum atomic E-state index is -0.251. The maximum atomic E-state index is 12.0. The standard InChI is InChI=1S/C16H14BrNO2/c1-11-7-13(9-14(17)8-11)16(20)18-10-15(19)12-5-3-2-4-6-12/h2-9H,10H2,1H3,(H,18,20). The van der Waals surface area contributed by atoms with Crippen LogP contribution < -0.4 is 5.32 Å². The molecule has 1 N–H and O–H groups in total. The van der Waals surface area contributed by atoms with Crippen LogP contribution in [-0.2, 0) is 0 Å². The van der Waals surface area contributed by atoms with Gasteiger partial charge in [-0.25, -0.2) is 0 Å². The van der Waals surface area contributed by atoms with Gasteiger partial charge in [0.05, 0.1) is 6.54 Å². The zero-order chi connectivity index (χ0) is 14.5. The van der Waals surface area contributed by atoms with Gasteiger partial charge in [-0.05, 0) is 30.7 Å². The van der Waals surface area contributed by atoms with Crippen LogP contribution in [0, 0.1) is 6.92 Å². The number of benzene rings is 2. The molecule has 0 aliphatic carbocycles. The fraction of sp³-hybridized carbons (Fsp3) is 0.125. The van der Waals surface area contributed by atoms with Crippen LogP contribution in [0.15, 0.2) is 53.0 Å². The molecule has 0 saturated heterocycles. The van der Waals surface area contributed by atoms with E-state index in [0.717, 1.165) is 10.0 Å². The molecular weight excluding hydrogens is 318 g/mol. The molecule has 0 fully saturated rings. The number of ketones is 1. The van der Waals surface area contributed by atoms with Crippen LogP contribution in [-0.4, -0.2) is 18.2 Å². The molecule has 2 aromatic rings. The summed E-state index contributed by atoms with van der Waals surface area (Å²) in [4.78, 5) is 23.9. The Bertz CT molecular complexity index is 618. The Morgan fingerprint density at radius 1 is 1.05 bits per heavy atom. The Labute approximate surface area is 126 Å². The molecule has 0 radical (unpaired) electrons. The molecule has 0 saturated carbocycles. The van der Waals surface area contributed by atoms with E-state index in [1.165, 1.54) is 0 Å². The predicted molar refractivity (Wildman–Crippen MR) is 82.0 cm³/mol. The first kappa shape index (κ1) is 14.5. The molecule has 0 spiro atoms. The Kier molecular flexibility index (Phi) is 4.69. The zero-order valence-electron chi connectivity index (χ0n) is 11.0. The van der Waals surface area contributed by atoms with Gasteiger partial charge in [-0.3, -0.25) is 9.59 Å². The lowest BCUT2D eigenvalue weighted by Crippen LogP contribution is -2.29. The van der Waals surface area contributed by atoms with Crippen molar-refractivity contribution in [3.05, 3.63) is 69.7 Å². The van der Waals surface area contributed by atoms with Gasteiger partial charge in [0.25, 0.3) is 5.91 Å². The molecule has 0 unspecified atom stereocenters. The van der Waals surface area contributed by atoms with Gasteiger partial charge in [-0.1, -0.05) is 46.3 Å². The van der Waals surface area contributed by atoms with Crippen molar-refractivity contribution in [1.29, 1.82) is 0 Å². The van der Waals surface area contributed by atoms with E-state index < -0.39 is 0 Å². The topological polar surface area (TPSA) is 46.2 Å². The lowest BCUT2D eigenvalue weighted by Gasteiger charge is -2.06. The Balaban J connectivity index is 2.00. The monoisotopic (exact) mass is 331 g/mol. The van der Waals surface area contributed by atoms with Crippen LogP contribution in [0.25, 0.3) is 0 Å². The SMILES string of the molecule is Cc1cc(Br)cc(C(=O)NCC(=O)c2ccccc2)c1. The fourth-order valence-electron chi connectivity index (χ4n) is 1.86. The number of amides is 1. The number of rotatable bonds is 4. The Morgan fingerprint density at radius 2 is 1.75 bits per heavy atom. The third-order valence-corrected chi connectivity index (χ3v) is 3.27. The zero-order valence-corrected chi connectivity index (χ0v) is 12.6. The number of halogens is 1. The van der Waals surface area contributed by atoms with Crippen LogP contribution >= 0.6 is 15.9 Å². The largest absolute Gasteiger partial charge is 0.345 e. The molecule has 2 aromatic carbocycles. The van der Waals surface area contributed by atoms with Crippen molar-refractivity contribution in [3.63, 3.8) is 0 Å². The molecule has 3 nitrogen and oxygen atoms in total. The average molecular weight is 332 g/mol. The molecule has 0 aliphatic heterocycles. The van der Waals surface area contributed by atoms with Crippen molar-refractivity contribution in [1.82, 2.24) is 5.32 Å². The quantitative estimate of drug-likeness (QED) is 0.873. The summed E-state index contributed by atoms with van der Waals surface area (Å²) in [5.74, 6) is -0.357. The molecule has 20 heavy (non-hydrogen) atoms. The number of carbonyl (C=O) groups is 2. The summed E-state index contributed by atoms with van der Waals surface area (Å²) in [5, 5.41) is 2.64. The number of carbonyl (C=O) groups excluding carboxylic acids is 2. The van der Waals surface area contributed by atoms with Crippen LogP contribution in [0.2, 0.25) is 0 Å². The summed E-state index contributed by atoms with van der Waals surface area (Å²) in [6.07, 6.45) is 0. The van der Waals surface area contributed by atoms with E-state index in [9.17, 15) is 9.59 Å². The average Bonchev–Trinajstić information content (AvgIpc) is 2.44. The first-order chi connectivity index (χ1) is 9.56. The highest BCUT2D eigenvalue weighted by Crippen LogP contribution is 2.15. The number of hydrogen-bond acceptors (Lipinski definition) is 2. The molecular formula is C16H14BrNO2. The van der Waals surface area contributed by atoms with Gasteiger partial charge in [-0.15, -0.1) is 0 Å². The van der Waals surface area contributed by atoms with E-state index in [4.69, 9.17) is 0 Å². The van der Waals surface area contributed by atoms with E-state index in [-0.39, 0.29) is 18.2 Å². The number of Topliss-reactive ketones (excluding diaryl/α,β-unsaturated/α-hetero) is 1. The summed E-state index contributed by atoms with van der Waals surface area (Å²) in [6, 6.07) is 14.4. The molecule has 0 heterocycles. The maximum absolute atomic E-state index is 12.0. The summed E-state index contributed by atoms with van der Waals surface area (Å²) in [7, 11) is 0. The van der Waals surface area contributed by atoms with Gasteiger partial charge in [-0.2, -0.15) is 0 Å². The van der Waals surface area contributed by atoms with Crippen LogP contribution in [0.5, 0.6) is 0 Å². The predicted octanol–water partition coefficient (Wildman–Crippen LogP) is 3.37. The minimum absolute atomic E-state index is 0.00555. The summed E-state index contributed by atoms with van der Waals surface area (Å²) in [6.45, 7) is 1.91. The smallest absolute Gasteiger partial charge is 0.251 e. The van der Waals surface area contributed by atoms with Crippen LogP contribution in [0.3, 0.4) is 0 Å². The van der Waals surface area contributed by atoms with Gasteiger partial charge in [0, 0.05) is 15.6 Å². The highest BCUT2D eigenvalue weighted by Gasteiger charge is 2.10. The van der Waals surface area contributed by atoms with E-state index in [1.807, 2.05) is 19.1 Å². The minimum Gasteiger partial charge on any atom is -0.345 e. The summed E-state index contributed by atoms with van der Waals surface area (Å²) >= 11 is 3.35. The van der Waals surface area contributed by atoms with E-state index in [0.29, 0.717) is 11.1 Å². The normalized spacial score (nSPS) is 10.1. The maximum Gasteiger partial charge on any atom is 0.251 e. The van der Waals surface area contributed by atoms with Crippen molar-refractivity contribution in [2.24, 2.45) is 0 Å². The van der Waals surface area contributed by atoms with E-state index in [2.05, 4.69) is 21.2 Å². The molecule has 102 valence electrons. The first-order valence-electron chi connectivity index (χ1n) is 6.20. The second kappa shape index (κ2) is 6.48. The summed E-state index contributed by atoms with van der Waals surface area (Å²) in [5.41, 5.74) is 2.12. The number of nitrogens with one attached hydrogen (secondary N) is 1. The van der Waals surface area contributed by atoms with E-state index in [1.54, 1.807) is 36.4 Å². The van der Waals surface area contributed by atoms with Gasteiger partial charge >= 0.3 is 0 Å². The van der Waals surface area contributed by atoms with Gasteiger partial charge in [0.1, 0.15) is 0 Å². The van der Waals surface area contributed by atoms with Crippen LogP contribution in [0.4, 0.5) is 0 Å². The third kappa shape index (κ3) is 3.78. The van der Waals surface area contributed by atoms with Crippen molar-refractivity contribution < 1.29 is 9.59 Å². The van der Waals surface area contributed by atoms with E-state index >= 15 is 0 Å². The van der Waals surface area contributed by atoms with Crippen molar-refractivity contribution >= 4 is 27.6 Å². The van der Waals surface area contributed by atoms with Crippen LogP contribution in [0.1, 0.15) is 26.3 Å². The lowest BCUT2D eigenvalue weighted by atomic mass is 10.1. The molecule has 0 aromatic heterocycles. The van der Waals surface area contributed by atoms with Crippen molar-refractivity contribution in [2.75, 3.05) is 6.54 Å². The lowest BCUT2D eigenvalue weighted by molar-refractivity contribution is 0.0904. The fourth-order valence-corrected chi connectivity index (χ4v) is 2.46.